The molecule has 0 N–H and O–H groups in total. The molecule has 1 atom stereocenters. The predicted octanol–water partition coefficient (Wildman–Crippen LogP) is 2.68. The van der Waals surface area contributed by atoms with Crippen LogP contribution < -0.4 is 0 Å². The van der Waals surface area contributed by atoms with Crippen LogP contribution in [0.2, 0.25) is 0 Å². The largest absolute Gasteiger partial charge is 0.337 e. The lowest BCUT2D eigenvalue weighted by Gasteiger charge is -2.20. The molecule has 0 bridgehead atoms. The minimum Gasteiger partial charge on any atom is -0.337 e. The predicted molar refractivity (Wildman–Crippen MR) is 67.4 cm³/mol. The monoisotopic (exact) mass is 250 g/mol. The highest BCUT2D eigenvalue weighted by molar-refractivity contribution is 5.76. The van der Waals surface area contributed by atoms with E-state index >= 15 is 0 Å². The minimum absolute atomic E-state index is 0.183. The summed E-state index contributed by atoms with van der Waals surface area (Å²) in [4.78, 5) is 18.0. The van der Waals surface area contributed by atoms with E-state index in [0.717, 1.165) is 25.1 Å². The Balaban J connectivity index is 2.07. The van der Waals surface area contributed by atoms with Crippen LogP contribution in [0.5, 0.6) is 0 Å². The second-order valence-corrected chi connectivity index (χ2v) is 5.12. The van der Waals surface area contributed by atoms with Crippen LogP contribution in [0, 0.1) is 18.7 Å². The standard InChI is InChI=1S/C14H19FN2O/c1-10-3-6-14(18)17(8-7-10)9-12-4-5-13(15)11(2)16-12/h4-5,10H,3,6-9H2,1-2H3. The van der Waals surface area contributed by atoms with E-state index in [1.807, 2.05) is 4.90 Å². The third-order valence-corrected chi connectivity index (χ3v) is 3.53. The Morgan fingerprint density at radius 1 is 1.44 bits per heavy atom. The van der Waals surface area contributed by atoms with Gasteiger partial charge in [-0.1, -0.05) is 6.92 Å². The number of aromatic nitrogens is 1. The lowest BCUT2D eigenvalue weighted by atomic mass is 10.0. The van der Waals surface area contributed by atoms with Gasteiger partial charge in [-0.3, -0.25) is 9.78 Å². The van der Waals surface area contributed by atoms with Gasteiger partial charge in [0, 0.05) is 13.0 Å². The summed E-state index contributed by atoms with van der Waals surface area (Å²) in [6.45, 7) is 5.09. The van der Waals surface area contributed by atoms with E-state index in [1.54, 1.807) is 13.0 Å². The van der Waals surface area contributed by atoms with Gasteiger partial charge in [-0.05, 0) is 37.8 Å². The number of carbonyl (C=O) groups is 1. The highest BCUT2D eigenvalue weighted by atomic mass is 19.1. The normalized spacial score (nSPS) is 20.9. The number of carbonyl (C=O) groups excluding carboxylic acids is 1. The highest BCUT2D eigenvalue weighted by Gasteiger charge is 2.20. The molecule has 4 heteroatoms. The molecule has 1 saturated heterocycles. The molecule has 3 nitrogen and oxygen atoms in total. The minimum atomic E-state index is -0.297. The quantitative estimate of drug-likeness (QED) is 0.808. The average Bonchev–Trinajstić information content (AvgIpc) is 2.49. The van der Waals surface area contributed by atoms with Gasteiger partial charge in [-0.25, -0.2) is 4.39 Å². The number of hydrogen-bond acceptors (Lipinski definition) is 2. The summed E-state index contributed by atoms with van der Waals surface area (Å²) in [6.07, 6.45) is 2.61. The molecule has 1 aliphatic heterocycles. The van der Waals surface area contributed by atoms with Gasteiger partial charge >= 0.3 is 0 Å². The molecule has 1 amide bonds. The zero-order valence-electron chi connectivity index (χ0n) is 10.9. The van der Waals surface area contributed by atoms with Gasteiger partial charge < -0.3 is 4.90 Å². The zero-order chi connectivity index (χ0) is 13.1. The molecule has 1 fully saturated rings. The van der Waals surface area contributed by atoms with Crippen LogP contribution in [0.3, 0.4) is 0 Å². The molecule has 0 radical (unpaired) electrons. The number of halogens is 1. The van der Waals surface area contributed by atoms with Crippen LogP contribution in [0.15, 0.2) is 12.1 Å². The Bertz CT molecular complexity index is 447. The van der Waals surface area contributed by atoms with Crippen LogP contribution >= 0.6 is 0 Å². The number of aryl methyl sites for hydroxylation is 1. The van der Waals surface area contributed by atoms with Gasteiger partial charge in [-0.2, -0.15) is 0 Å². The fourth-order valence-corrected chi connectivity index (χ4v) is 2.22. The van der Waals surface area contributed by atoms with E-state index in [4.69, 9.17) is 0 Å². The first-order valence-corrected chi connectivity index (χ1v) is 6.46. The van der Waals surface area contributed by atoms with Crippen LogP contribution in [0.25, 0.3) is 0 Å². The number of likely N-dealkylation sites (tertiary alicyclic amines) is 1. The van der Waals surface area contributed by atoms with Crippen LogP contribution in [-0.2, 0) is 11.3 Å². The number of amides is 1. The lowest BCUT2D eigenvalue weighted by Crippen LogP contribution is -2.30. The third kappa shape index (κ3) is 3.06. The molecule has 1 aliphatic rings. The maximum atomic E-state index is 13.1. The van der Waals surface area contributed by atoms with Crippen molar-refractivity contribution in [2.45, 2.75) is 39.7 Å². The summed E-state index contributed by atoms with van der Waals surface area (Å²) in [7, 11) is 0. The molecular weight excluding hydrogens is 231 g/mol. The molecule has 18 heavy (non-hydrogen) atoms. The number of hydrogen-bond donors (Lipinski definition) is 0. The van der Waals surface area contributed by atoms with Crippen molar-refractivity contribution >= 4 is 5.91 Å². The van der Waals surface area contributed by atoms with E-state index in [-0.39, 0.29) is 11.7 Å². The van der Waals surface area contributed by atoms with Gasteiger partial charge in [0.05, 0.1) is 17.9 Å². The van der Waals surface area contributed by atoms with Crippen molar-refractivity contribution in [2.24, 2.45) is 5.92 Å². The first-order chi connectivity index (χ1) is 8.56. The van der Waals surface area contributed by atoms with Crippen molar-refractivity contribution in [3.05, 3.63) is 29.3 Å². The molecule has 0 aliphatic carbocycles. The SMILES string of the molecule is Cc1nc(CN2CCC(C)CCC2=O)ccc1F. The van der Waals surface area contributed by atoms with Crippen LogP contribution in [0.1, 0.15) is 37.6 Å². The number of nitrogens with zero attached hydrogens (tertiary/aromatic N) is 2. The van der Waals surface area contributed by atoms with Gasteiger partial charge in [0.1, 0.15) is 5.82 Å². The van der Waals surface area contributed by atoms with Gasteiger partial charge in [0.2, 0.25) is 5.91 Å². The third-order valence-electron chi connectivity index (χ3n) is 3.53. The maximum absolute atomic E-state index is 13.1. The van der Waals surface area contributed by atoms with E-state index in [1.165, 1.54) is 6.07 Å². The topological polar surface area (TPSA) is 33.2 Å². The van der Waals surface area contributed by atoms with Crippen molar-refractivity contribution in [2.75, 3.05) is 6.54 Å². The van der Waals surface area contributed by atoms with Crippen LogP contribution in [-0.4, -0.2) is 22.3 Å². The summed E-state index contributed by atoms with van der Waals surface area (Å²) in [6, 6.07) is 3.08. The van der Waals surface area contributed by atoms with Gasteiger partial charge in [0.15, 0.2) is 0 Å². The Labute approximate surface area is 107 Å². The maximum Gasteiger partial charge on any atom is 0.222 e. The number of rotatable bonds is 2. The molecule has 1 aromatic rings. The van der Waals surface area contributed by atoms with Gasteiger partial charge in [-0.15, -0.1) is 0 Å². The Morgan fingerprint density at radius 2 is 2.22 bits per heavy atom. The summed E-state index contributed by atoms with van der Waals surface area (Å²) in [5.41, 5.74) is 1.15. The van der Waals surface area contributed by atoms with E-state index in [9.17, 15) is 9.18 Å². The Hall–Kier alpha value is -1.45. The Kier molecular flexibility index (Phi) is 3.94. The van der Waals surface area contributed by atoms with Gasteiger partial charge in [0.25, 0.3) is 0 Å². The summed E-state index contributed by atoms with van der Waals surface area (Å²) >= 11 is 0. The van der Waals surface area contributed by atoms with E-state index < -0.39 is 0 Å². The summed E-state index contributed by atoms with van der Waals surface area (Å²) in [5, 5.41) is 0. The molecule has 2 rings (SSSR count). The van der Waals surface area contributed by atoms with Crippen molar-refractivity contribution < 1.29 is 9.18 Å². The van der Waals surface area contributed by atoms with Crippen molar-refractivity contribution in [3.63, 3.8) is 0 Å². The molecule has 0 spiro atoms. The smallest absolute Gasteiger partial charge is 0.222 e. The van der Waals surface area contributed by atoms with Crippen LogP contribution in [0.4, 0.5) is 4.39 Å². The molecular formula is C14H19FN2O. The fourth-order valence-electron chi connectivity index (χ4n) is 2.22. The molecule has 1 aromatic heterocycles. The second-order valence-electron chi connectivity index (χ2n) is 5.12. The Morgan fingerprint density at radius 3 is 2.94 bits per heavy atom. The van der Waals surface area contributed by atoms with Crippen molar-refractivity contribution in [3.8, 4) is 0 Å². The van der Waals surface area contributed by atoms with E-state index in [0.29, 0.717) is 24.6 Å². The molecule has 0 aromatic carbocycles. The van der Waals surface area contributed by atoms with Crippen molar-refractivity contribution in [1.29, 1.82) is 0 Å². The molecule has 2 heterocycles. The van der Waals surface area contributed by atoms with E-state index in [2.05, 4.69) is 11.9 Å². The summed E-state index contributed by atoms with van der Waals surface area (Å²) < 4.78 is 13.1. The zero-order valence-corrected chi connectivity index (χ0v) is 10.9. The highest BCUT2D eigenvalue weighted by Crippen LogP contribution is 2.19. The van der Waals surface area contributed by atoms with Crippen molar-refractivity contribution in [1.82, 2.24) is 9.88 Å². The number of pyridine rings is 1. The summed E-state index contributed by atoms with van der Waals surface area (Å²) in [5.74, 6) is 0.486. The molecule has 1 unspecified atom stereocenters. The fraction of sp³-hybridized carbons (Fsp3) is 0.571. The molecule has 98 valence electrons. The molecule has 0 saturated carbocycles. The first kappa shape index (κ1) is 13.0. The lowest BCUT2D eigenvalue weighted by molar-refractivity contribution is -0.131. The second kappa shape index (κ2) is 5.46. The first-order valence-electron chi connectivity index (χ1n) is 6.46. The average molecular weight is 250 g/mol.